The van der Waals surface area contributed by atoms with Gasteiger partial charge in [0, 0.05) is 18.4 Å². The normalized spacial score (nSPS) is 16.7. The van der Waals surface area contributed by atoms with E-state index in [1.807, 2.05) is 6.07 Å². The van der Waals surface area contributed by atoms with Crippen LogP contribution in [0.1, 0.15) is 42.8 Å². The molecular weight excluding hydrogens is 278 g/mol. The highest BCUT2D eigenvalue weighted by Gasteiger charge is 2.22. The Labute approximate surface area is 130 Å². The maximum Gasteiger partial charge on any atom is 0.228 e. The average Bonchev–Trinajstić information content (AvgIpc) is 2.48. The Kier molecular flexibility index (Phi) is 4.09. The molecule has 1 atom stereocenters. The van der Waals surface area contributed by atoms with Gasteiger partial charge in [-0.3, -0.25) is 0 Å². The zero-order valence-corrected chi connectivity index (χ0v) is 13.0. The van der Waals surface area contributed by atoms with E-state index >= 15 is 0 Å². The molecule has 3 rings (SSSR count). The van der Waals surface area contributed by atoms with E-state index in [1.54, 1.807) is 0 Å². The summed E-state index contributed by atoms with van der Waals surface area (Å²) in [6.07, 6.45) is 2.64. The minimum absolute atomic E-state index is 0.125. The Balaban J connectivity index is 1.87. The Morgan fingerprint density at radius 2 is 2.18 bits per heavy atom. The van der Waals surface area contributed by atoms with Gasteiger partial charge in [-0.25, -0.2) is 0 Å². The van der Waals surface area contributed by atoms with Crippen molar-refractivity contribution < 1.29 is 4.74 Å². The molecule has 2 heterocycles. The van der Waals surface area contributed by atoms with Crippen molar-refractivity contribution in [2.75, 3.05) is 17.7 Å². The second-order valence-corrected chi connectivity index (χ2v) is 5.56. The van der Waals surface area contributed by atoms with E-state index in [0.29, 0.717) is 12.6 Å². The molecule has 0 radical (unpaired) electrons. The Morgan fingerprint density at radius 1 is 1.32 bits per heavy atom. The molecule has 116 valence electrons. The van der Waals surface area contributed by atoms with E-state index in [1.165, 1.54) is 5.56 Å². The van der Waals surface area contributed by atoms with Gasteiger partial charge in [-0.15, -0.1) is 0 Å². The van der Waals surface area contributed by atoms with E-state index in [4.69, 9.17) is 10.5 Å². The summed E-state index contributed by atoms with van der Waals surface area (Å²) in [5, 5.41) is 3.38. The summed E-state index contributed by atoms with van der Waals surface area (Å²) in [6, 6.07) is 6.34. The van der Waals surface area contributed by atoms with Crippen LogP contribution in [0.25, 0.3) is 0 Å². The summed E-state index contributed by atoms with van der Waals surface area (Å²) in [5.74, 6) is 2.45. The number of hydrogen-bond donors (Lipinski definition) is 2. The molecule has 0 saturated heterocycles. The zero-order valence-electron chi connectivity index (χ0n) is 13.0. The van der Waals surface area contributed by atoms with Gasteiger partial charge in [-0.2, -0.15) is 15.0 Å². The zero-order chi connectivity index (χ0) is 15.5. The van der Waals surface area contributed by atoms with Crippen LogP contribution in [0.2, 0.25) is 0 Å². The Hall–Kier alpha value is -2.37. The number of aryl methyl sites for hydroxylation is 2. The molecule has 0 fully saturated rings. The lowest BCUT2D eigenvalue weighted by Crippen LogP contribution is -2.22. The molecule has 0 spiro atoms. The Morgan fingerprint density at radius 3 is 3.00 bits per heavy atom. The third-order valence-electron chi connectivity index (χ3n) is 3.68. The molecule has 1 aromatic carbocycles. The van der Waals surface area contributed by atoms with Crippen molar-refractivity contribution in [2.45, 2.75) is 39.2 Å². The third kappa shape index (κ3) is 3.10. The highest BCUT2D eigenvalue weighted by Crippen LogP contribution is 2.34. The van der Waals surface area contributed by atoms with Crippen LogP contribution in [0.4, 0.5) is 11.9 Å². The van der Waals surface area contributed by atoms with Crippen LogP contribution >= 0.6 is 0 Å². The molecule has 0 amide bonds. The standard InChI is InChI=1S/C16H21N5O/c1-3-4-14-19-15(17)21-16(20-14)18-12-7-8-22-13-6-5-10(2)9-11(12)13/h5-6,9,12H,3-4,7-8H2,1-2H3,(H3,17,18,19,20,21). The molecule has 1 aromatic heterocycles. The van der Waals surface area contributed by atoms with Crippen LogP contribution in [0.5, 0.6) is 5.75 Å². The van der Waals surface area contributed by atoms with Crippen molar-refractivity contribution in [3.05, 3.63) is 35.2 Å². The molecule has 3 N–H and O–H groups in total. The molecule has 0 bridgehead atoms. The molecule has 22 heavy (non-hydrogen) atoms. The van der Waals surface area contributed by atoms with Gasteiger partial charge in [0.1, 0.15) is 11.6 Å². The van der Waals surface area contributed by atoms with Crippen molar-refractivity contribution in [3.63, 3.8) is 0 Å². The van der Waals surface area contributed by atoms with Crippen molar-refractivity contribution in [1.82, 2.24) is 15.0 Å². The van der Waals surface area contributed by atoms with E-state index < -0.39 is 0 Å². The summed E-state index contributed by atoms with van der Waals surface area (Å²) in [5.41, 5.74) is 8.13. The lowest BCUT2D eigenvalue weighted by molar-refractivity contribution is 0.274. The number of nitrogens with one attached hydrogen (secondary N) is 1. The van der Waals surface area contributed by atoms with Gasteiger partial charge in [-0.1, -0.05) is 24.6 Å². The first-order chi connectivity index (χ1) is 10.7. The number of rotatable bonds is 4. The number of nitrogens with zero attached hydrogens (tertiary/aromatic N) is 3. The monoisotopic (exact) mass is 299 g/mol. The number of aromatic nitrogens is 3. The third-order valence-corrected chi connectivity index (χ3v) is 3.68. The van der Waals surface area contributed by atoms with Crippen LogP contribution in [0.3, 0.4) is 0 Å². The average molecular weight is 299 g/mol. The fourth-order valence-corrected chi connectivity index (χ4v) is 2.66. The molecular formula is C16H21N5O. The molecule has 1 aliphatic rings. The fraction of sp³-hybridized carbons (Fsp3) is 0.438. The number of nitrogen functional groups attached to an aromatic ring is 1. The first-order valence-electron chi connectivity index (χ1n) is 7.66. The van der Waals surface area contributed by atoms with Crippen LogP contribution in [0, 0.1) is 6.92 Å². The minimum Gasteiger partial charge on any atom is -0.493 e. The van der Waals surface area contributed by atoms with Crippen LogP contribution in [0.15, 0.2) is 18.2 Å². The van der Waals surface area contributed by atoms with E-state index in [9.17, 15) is 0 Å². The Bertz CT molecular complexity index is 674. The number of nitrogens with two attached hydrogens (primary N) is 1. The molecule has 0 saturated carbocycles. The van der Waals surface area contributed by atoms with Gasteiger partial charge in [0.25, 0.3) is 0 Å². The van der Waals surface area contributed by atoms with Gasteiger partial charge in [0.15, 0.2) is 0 Å². The van der Waals surface area contributed by atoms with Crippen LogP contribution < -0.4 is 15.8 Å². The van der Waals surface area contributed by atoms with Crippen molar-refractivity contribution >= 4 is 11.9 Å². The number of anilines is 2. The summed E-state index contributed by atoms with van der Waals surface area (Å²) < 4.78 is 5.71. The lowest BCUT2D eigenvalue weighted by Gasteiger charge is -2.27. The lowest BCUT2D eigenvalue weighted by atomic mass is 9.99. The molecule has 2 aromatic rings. The largest absolute Gasteiger partial charge is 0.493 e. The van der Waals surface area contributed by atoms with E-state index in [2.05, 4.69) is 46.2 Å². The van der Waals surface area contributed by atoms with Crippen LogP contribution in [-0.2, 0) is 6.42 Å². The predicted molar refractivity (Wildman–Crippen MR) is 85.9 cm³/mol. The second kappa shape index (κ2) is 6.17. The molecule has 1 aliphatic heterocycles. The quantitative estimate of drug-likeness (QED) is 0.902. The summed E-state index contributed by atoms with van der Waals surface area (Å²) in [7, 11) is 0. The first-order valence-corrected chi connectivity index (χ1v) is 7.66. The second-order valence-electron chi connectivity index (χ2n) is 5.56. The van der Waals surface area contributed by atoms with Gasteiger partial charge in [-0.05, 0) is 19.4 Å². The summed E-state index contributed by atoms with van der Waals surface area (Å²) in [6.45, 7) is 4.84. The van der Waals surface area contributed by atoms with Gasteiger partial charge in [0.2, 0.25) is 11.9 Å². The molecule has 0 aliphatic carbocycles. The fourth-order valence-electron chi connectivity index (χ4n) is 2.66. The smallest absolute Gasteiger partial charge is 0.228 e. The number of ether oxygens (including phenoxy) is 1. The SMILES string of the molecule is CCCc1nc(N)nc(NC2CCOc3ccc(C)cc32)n1. The first kappa shape index (κ1) is 14.6. The highest BCUT2D eigenvalue weighted by atomic mass is 16.5. The minimum atomic E-state index is 0.125. The summed E-state index contributed by atoms with van der Waals surface area (Å²) >= 11 is 0. The molecule has 6 nitrogen and oxygen atoms in total. The molecule has 6 heteroatoms. The van der Waals surface area contributed by atoms with Crippen molar-refractivity contribution in [1.29, 1.82) is 0 Å². The summed E-state index contributed by atoms with van der Waals surface area (Å²) in [4.78, 5) is 12.8. The maximum atomic E-state index is 5.79. The topological polar surface area (TPSA) is 86.0 Å². The van der Waals surface area contributed by atoms with Crippen LogP contribution in [-0.4, -0.2) is 21.6 Å². The highest BCUT2D eigenvalue weighted by molar-refractivity contribution is 5.44. The van der Waals surface area contributed by atoms with Crippen molar-refractivity contribution in [3.8, 4) is 5.75 Å². The predicted octanol–water partition coefficient (Wildman–Crippen LogP) is 2.65. The van der Waals surface area contributed by atoms with Gasteiger partial charge >= 0.3 is 0 Å². The van der Waals surface area contributed by atoms with E-state index in [0.717, 1.165) is 36.4 Å². The number of fused-ring (bicyclic) bond motifs is 1. The van der Waals surface area contributed by atoms with Crippen molar-refractivity contribution in [2.24, 2.45) is 0 Å². The van der Waals surface area contributed by atoms with Gasteiger partial charge in [0.05, 0.1) is 12.6 Å². The molecule has 1 unspecified atom stereocenters. The maximum absolute atomic E-state index is 5.79. The number of hydrogen-bond acceptors (Lipinski definition) is 6. The number of benzene rings is 1. The van der Waals surface area contributed by atoms with Gasteiger partial charge < -0.3 is 15.8 Å². The van der Waals surface area contributed by atoms with E-state index in [-0.39, 0.29) is 12.0 Å².